The predicted octanol–water partition coefficient (Wildman–Crippen LogP) is 4.35. The molecule has 0 aliphatic carbocycles. The van der Waals surface area contributed by atoms with Crippen LogP contribution in [-0.2, 0) is 0 Å². The van der Waals surface area contributed by atoms with Crippen LogP contribution in [0.5, 0.6) is 5.75 Å². The van der Waals surface area contributed by atoms with Crippen LogP contribution in [0.15, 0.2) is 59.1 Å². The van der Waals surface area contributed by atoms with Gasteiger partial charge >= 0.3 is 0 Å². The van der Waals surface area contributed by atoms with Crippen molar-refractivity contribution in [1.29, 1.82) is 0 Å². The highest BCUT2D eigenvalue weighted by molar-refractivity contribution is 9.10. The van der Waals surface area contributed by atoms with Crippen LogP contribution in [-0.4, -0.2) is 12.9 Å². The highest BCUT2D eigenvalue weighted by Crippen LogP contribution is 2.24. The molecule has 96 valence electrons. The molecule has 0 bridgehead atoms. The summed E-state index contributed by atoms with van der Waals surface area (Å²) >= 11 is 3.45. The van der Waals surface area contributed by atoms with E-state index in [1.807, 2.05) is 36.4 Å². The first kappa shape index (κ1) is 13.6. The Bertz CT molecular complexity index is 603. The number of hydrogen-bond acceptors (Lipinski definition) is 2. The minimum absolute atomic E-state index is 0.0108. The third kappa shape index (κ3) is 3.55. The van der Waals surface area contributed by atoms with Gasteiger partial charge in [-0.05, 0) is 29.8 Å². The molecule has 2 aromatic carbocycles. The molecular formula is C16H13BrO2. The van der Waals surface area contributed by atoms with Crippen molar-refractivity contribution < 1.29 is 9.53 Å². The second-order valence-electron chi connectivity index (χ2n) is 3.95. The van der Waals surface area contributed by atoms with Crippen molar-refractivity contribution in [3.63, 3.8) is 0 Å². The molecule has 0 unspecified atom stereocenters. The lowest BCUT2D eigenvalue weighted by atomic mass is 10.1. The van der Waals surface area contributed by atoms with E-state index in [1.165, 1.54) is 0 Å². The van der Waals surface area contributed by atoms with Gasteiger partial charge in [0.25, 0.3) is 0 Å². The summed E-state index contributed by atoms with van der Waals surface area (Å²) < 4.78 is 6.02. The van der Waals surface area contributed by atoms with Crippen molar-refractivity contribution in [3.05, 3.63) is 70.2 Å². The Morgan fingerprint density at radius 1 is 1.16 bits per heavy atom. The van der Waals surface area contributed by atoms with Gasteiger partial charge in [-0.2, -0.15) is 0 Å². The van der Waals surface area contributed by atoms with Crippen LogP contribution >= 0.6 is 15.9 Å². The molecule has 0 fully saturated rings. The van der Waals surface area contributed by atoms with E-state index < -0.39 is 0 Å². The number of rotatable bonds is 4. The molecule has 2 nitrogen and oxygen atoms in total. The second kappa shape index (κ2) is 6.34. The normalized spacial score (nSPS) is 10.6. The fraction of sp³-hybridized carbons (Fsp3) is 0.0625. The van der Waals surface area contributed by atoms with Crippen LogP contribution in [0.4, 0.5) is 0 Å². The van der Waals surface area contributed by atoms with E-state index in [1.54, 1.807) is 31.4 Å². The quantitative estimate of drug-likeness (QED) is 0.619. The smallest absolute Gasteiger partial charge is 0.185 e. The maximum Gasteiger partial charge on any atom is 0.185 e. The molecule has 0 aliphatic rings. The highest BCUT2D eigenvalue weighted by atomic mass is 79.9. The molecule has 0 saturated heterocycles. The van der Waals surface area contributed by atoms with E-state index in [9.17, 15) is 4.79 Å². The molecule has 0 amide bonds. The summed E-state index contributed by atoms with van der Waals surface area (Å²) in [5.41, 5.74) is 1.62. The van der Waals surface area contributed by atoms with Gasteiger partial charge in [0.05, 0.1) is 7.11 Å². The summed E-state index contributed by atoms with van der Waals surface area (Å²) in [6.07, 6.45) is 3.36. The van der Waals surface area contributed by atoms with Gasteiger partial charge in [-0.3, -0.25) is 4.79 Å². The van der Waals surface area contributed by atoms with Gasteiger partial charge in [0, 0.05) is 10.0 Å². The minimum Gasteiger partial charge on any atom is -0.497 e. The zero-order valence-electron chi connectivity index (χ0n) is 10.5. The van der Waals surface area contributed by atoms with Crippen LogP contribution in [0.3, 0.4) is 0 Å². The third-order valence-corrected chi connectivity index (χ3v) is 3.37. The molecule has 0 radical (unpaired) electrons. The number of carbonyl (C=O) groups is 1. The maximum atomic E-state index is 11.9. The largest absolute Gasteiger partial charge is 0.497 e. The summed E-state index contributed by atoms with van der Waals surface area (Å²) in [5.74, 6) is 0.765. The molecule has 0 aromatic heterocycles. The van der Waals surface area contributed by atoms with Crippen molar-refractivity contribution in [2.24, 2.45) is 0 Å². The Balaban J connectivity index is 2.17. The summed E-state index contributed by atoms with van der Waals surface area (Å²) in [6.45, 7) is 0. The molecule has 0 saturated carbocycles. The molecule has 0 heterocycles. The van der Waals surface area contributed by atoms with E-state index in [4.69, 9.17) is 4.74 Å². The van der Waals surface area contributed by atoms with Crippen LogP contribution < -0.4 is 4.74 Å². The summed E-state index contributed by atoms with van der Waals surface area (Å²) in [7, 11) is 1.62. The molecule has 0 spiro atoms. The average Bonchev–Trinajstić information content (AvgIpc) is 2.46. The van der Waals surface area contributed by atoms with Crippen LogP contribution in [0.2, 0.25) is 0 Å². The van der Waals surface area contributed by atoms with Gasteiger partial charge < -0.3 is 4.74 Å². The van der Waals surface area contributed by atoms with Gasteiger partial charge in [0.1, 0.15) is 5.75 Å². The Kier molecular flexibility index (Phi) is 4.53. The zero-order chi connectivity index (χ0) is 13.7. The first-order valence-corrected chi connectivity index (χ1v) is 6.61. The van der Waals surface area contributed by atoms with E-state index in [0.29, 0.717) is 5.56 Å². The Hall–Kier alpha value is -1.87. The Morgan fingerprint density at radius 3 is 2.53 bits per heavy atom. The molecule has 3 heteroatoms. The number of methoxy groups -OCH3 is 1. The van der Waals surface area contributed by atoms with Gasteiger partial charge in [-0.25, -0.2) is 0 Å². The number of benzene rings is 2. The number of hydrogen-bond donors (Lipinski definition) is 0. The van der Waals surface area contributed by atoms with Crippen molar-refractivity contribution in [1.82, 2.24) is 0 Å². The lowest BCUT2D eigenvalue weighted by Gasteiger charge is -2.02. The maximum absolute atomic E-state index is 11.9. The number of ketones is 1. The van der Waals surface area contributed by atoms with Gasteiger partial charge in [-0.1, -0.05) is 52.3 Å². The van der Waals surface area contributed by atoms with Gasteiger partial charge in [0.15, 0.2) is 5.78 Å². The second-order valence-corrected chi connectivity index (χ2v) is 4.81. The molecule has 2 rings (SSSR count). The number of carbonyl (C=O) groups excluding carboxylic acids is 1. The molecule has 0 aliphatic heterocycles. The number of halogens is 1. The first-order chi connectivity index (χ1) is 9.20. The zero-order valence-corrected chi connectivity index (χ0v) is 12.1. The van der Waals surface area contributed by atoms with Gasteiger partial charge in [0.2, 0.25) is 0 Å². The Morgan fingerprint density at radius 2 is 1.89 bits per heavy atom. The fourth-order valence-electron chi connectivity index (χ4n) is 1.63. The molecule has 2 aromatic rings. The third-order valence-electron chi connectivity index (χ3n) is 2.68. The summed E-state index contributed by atoms with van der Waals surface area (Å²) in [6, 6.07) is 14.8. The van der Waals surface area contributed by atoms with Crippen LogP contribution in [0.25, 0.3) is 6.08 Å². The van der Waals surface area contributed by atoms with E-state index in [2.05, 4.69) is 15.9 Å². The molecular weight excluding hydrogens is 304 g/mol. The molecule has 19 heavy (non-hydrogen) atoms. The fourth-order valence-corrected chi connectivity index (χ4v) is 2.12. The summed E-state index contributed by atoms with van der Waals surface area (Å²) in [4.78, 5) is 11.9. The Labute approximate surface area is 120 Å². The SMILES string of the molecule is COc1ccc(/C=C/C(=O)c2ccccc2)c(Br)c1. The topological polar surface area (TPSA) is 26.3 Å². The van der Waals surface area contributed by atoms with Gasteiger partial charge in [-0.15, -0.1) is 0 Å². The van der Waals surface area contributed by atoms with Crippen molar-refractivity contribution >= 4 is 27.8 Å². The molecule has 0 atom stereocenters. The van der Waals surface area contributed by atoms with Crippen molar-refractivity contribution in [2.75, 3.05) is 7.11 Å². The van der Waals surface area contributed by atoms with Crippen LogP contribution in [0.1, 0.15) is 15.9 Å². The number of ether oxygens (including phenoxy) is 1. The standard InChI is InChI=1S/C16H13BrO2/c1-19-14-9-7-12(15(17)11-14)8-10-16(18)13-5-3-2-4-6-13/h2-11H,1H3/b10-8+. The van der Waals surface area contributed by atoms with E-state index in [-0.39, 0.29) is 5.78 Å². The van der Waals surface area contributed by atoms with E-state index in [0.717, 1.165) is 15.8 Å². The van der Waals surface area contributed by atoms with Crippen molar-refractivity contribution in [2.45, 2.75) is 0 Å². The minimum atomic E-state index is -0.0108. The van der Waals surface area contributed by atoms with Crippen molar-refractivity contribution in [3.8, 4) is 5.75 Å². The van der Waals surface area contributed by atoms with E-state index >= 15 is 0 Å². The number of allylic oxidation sites excluding steroid dienone is 1. The molecule has 0 N–H and O–H groups in total. The predicted molar refractivity (Wildman–Crippen MR) is 80.5 cm³/mol. The van der Waals surface area contributed by atoms with Crippen LogP contribution in [0, 0.1) is 0 Å². The lowest BCUT2D eigenvalue weighted by molar-refractivity contribution is 0.104. The first-order valence-electron chi connectivity index (χ1n) is 5.81. The lowest BCUT2D eigenvalue weighted by Crippen LogP contribution is -1.92. The summed E-state index contributed by atoms with van der Waals surface area (Å²) in [5, 5.41) is 0. The monoisotopic (exact) mass is 316 g/mol. The highest BCUT2D eigenvalue weighted by Gasteiger charge is 2.02. The average molecular weight is 317 g/mol.